The molecule has 1 heterocycles. The van der Waals surface area contributed by atoms with Gasteiger partial charge in [0, 0.05) is 12.1 Å². The second-order valence-corrected chi connectivity index (χ2v) is 4.21. The molecule has 0 saturated heterocycles. The molecule has 2 rings (SSSR count). The Morgan fingerprint density at radius 2 is 2.07 bits per heavy atom. The van der Waals surface area contributed by atoms with Crippen molar-refractivity contribution in [3.05, 3.63) is 23.0 Å². The molecule has 0 unspecified atom stereocenters. The predicted octanol–water partition coefficient (Wildman–Crippen LogP) is 3.60. The molecule has 1 aliphatic carbocycles. The van der Waals surface area contributed by atoms with E-state index < -0.39 is 0 Å². The molecule has 1 fully saturated rings. The highest BCUT2D eigenvalue weighted by Crippen LogP contribution is 2.23. The number of aromatic amines is 1. The van der Waals surface area contributed by atoms with Crippen molar-refractivity contribution in [1.82, 2.24) is 4.98 Å². The molecule has 1 nitrogen and oxygen atoms in total. The summed E-state index contributed by atoms with van der Waals surface area (Å²) in [6.07, 6.45) is 8.38. The fraction of sp³-hybridized carbons (Fsp3) is 0.500. The van der Waals surface area contributed by atoms with E-state index in [9.17, 15) is 0 Å². The van der Waals surface area contributed by atoms with Crippen LogP contribution in [0.15, 0.2) is 12.3 Å². The Morgan fingerprint density at radius 3 is 2.71 bits per heavy atom. The summed E-state index contributed by atoms with van der Waals surface area (Å²) in [5.41, 5.74) is 0.859. The molecule has 0 amide bonds. The summed E-state index contributed by atoms with van der Waals surface area (Å²) in [4.78, 5) is 3.04. The van der Waals surface area contributed by atoms with Gasteiger partial charge in [-0.05, 0) is 24.8 Å². The maximum atomic E-state index is 5.92. The third-order valence-electron chi connectivity index (χ3n) is 2.70. The van der Waals surface area contributed by atoms with E-state index in [0.29, 0.717) is 5.92 Å². The Bertz CT molecular complexity index is 350. The standard InChI is InChI=1S/C12H14ClN/c13-11-8-9-14-12(11)7-6-10-4-2-1-3-5-10/h8-10,14H,1-5H2. The Balaban J connectivity index is 2.02. The van der Waals surface area contributed by atoms with Crippen LogP contribution >= 0.6 is 11.6 Å². The van der Waals surface area contributed by atoms with Gasteiger partial charge in [0.1, 0.15) is 5.69 Å². The summed E-state index contributed by atoms with van der Waals surface area (Å²) >= 11 is 5.92. The number of hydrogen-bond acceptors (Lipinski definition) is 0. The number of aromatic nitrogens is 1. The summed E-state index contributed by atoms with van der Waals surface area (Å²) in [5.74, 6) is 7.01. The quantitative estimate of drug-likeness (QED) is 0.626. The highest BCUT2D eigenvalue weighted by atomic mass is 35.5. The van der Waals surface area contributed by atoms with Gasteiger partial charge in [0.05, 0.1) is 5.02 Å². The lowest BCUT2D eigenvalue weighted by atomic mass is 9.90. The first kappa shape index (κ1) is 9.68. The first-order chi connectivity index (χ1) is 6.86. The van der Waals surface area contributed by atoms with Crippen molar-refractivity contribution in [3.8, 4) is 11.8 Å². The number of nitrogens with one attached hydrogen (secondary N) is 1. The van der Waals surface area contributed by atoms with Gasteiger partial charge in [-0.3, -0.25) is 0 Å². The monoisotopic (exact) mass is 207 g/mol. The van der Waals surface area contributed by atoms with Crippen LogP contribution in [0.4, 0.5) is 0 Å². The second kappa shape index (κ2) is 4.57. The summed E-state index contributed by atoms with van der Waals surface area (Å²) < 4.78 is 0. The lowest BCUT2D eigenvalue weighted by molar-refractivity contribution is 0.430. The van der Waals surface area contributed by atoms with Crippen molar-refractivity contribution >= 4 is 11.6 Å². The van der Waals surface area contributed by atoms with Crippen LogP contribution in [0.25, 0.3) is 0 Å². The van der Waals surface area contributed by atoms with Crippen LogP contribution in [0.2, 0.25) is 5.02 Å². The van der Waals surface area contributed by atoms with Crippen molar-refractivity contribution in [2.75, 3.05) is 0 Å². The molecule has 0 spiro atoms. The first-order valence-corrected chi connectivity index (χ1v) is 5.58. The fourth-order valence-corrected chi connectivity index (χ4v) is 2.03. The zero-order chi connectivity index (χ0) is 9.80. The summed E-state index contributed by atoms with van der Waals surface area (Å²) in [7, 11) is 0. The second-order valence-electron chi connectivity index (χ2n) is 3.80. The minimum Gasteiger partial charge on any atom is -0.354 e. The van der Waals surface area contributed by atoms with Crippen molar-refractivity contribution in [1.29, 1.82) is 0 Å². The highest BCUT2D eigenvalue weighted by Gasteiger charge is 2.10. The third-order valence-corrected chi connectivity index (χ3v) is 3.02. The Kier molecular flexibility index (Phi) is 3.16. The van der Waals surface area contributed by atoms with Gasteiger partial charge >= 0.3 is 0 Å². The van der Waals surface area contributed by atoms with Gasteiger partial charge < -0.3 is 4.98 Å². The summed E-state index contributed by atoms with van der Waals surface area (Å²) in [6.45, 7) is 0. The van der Waals surface area contributed by atoms with Crippen LogP contribution in [0.5, 0.6) is 0 Å². The molecule has 1 N–H and O–H groups in total. The molecule has 0 aliphatic heterocycles. The fourth-order valence-electron chi connectivity index (χ4n) is 1.87. The minimum atomic E-state index is 0.586. The molecular formula is C12H14ClN. The van der Waals surface area contributed by atoms with E-state index in [4.69, 9.17) is 11.6 Å². The van der Waals surface area contributed by atoms with E-state index in [1.165, 1.54) is 32.1 Å². The van der Waals surface area contributed by atoms with Crippen LogP contribution < -0.4 is 0 Å². The third kappa shape index (κ3) is 2.33. The van der Waals surface area contributed by atoms with Crippen LogP contribution in [-0.2, 0) is 0 Å². The zero-order valence-corrected chi connectivity index (χ0v) is 8.90. The van der Waals surface area contributed by atoms with Gasteiger partial charge in [-0.25, -0.2) is 0 Å². The summed E-state index contributed by atoms with van der Waals surface area (Å²) in [5, 5.41) is 0.730. The SMILES string of the molecule is Clc1cc[nH]c1C#CC1CCCCC1. The van der Waals surface area contributed by atoms with Gasteiger partial charge in [0.2, 0.25) is 0 Å². The maximum Gasteiger partial charge on any atom is 0.108 e. The van der Waals surface area contributed by atoms with Gasteiger partial charge in [-0.15, -0.1) is 0 Å². The number of halogens is 1. The van der Waals surface area contributed by atoms with Crippen molar-refractivity contribution in [2.45, 2.75) is 32.1 Å². The summed E-state index contributed by atoms with van der Waals surface area (Å²) in [6, 6.07) is 1.84. The van der Waals surface area contributed by atoms with E-state index in [1.54, 1.807) is 0 Å². The van der Waals surface area contributed by atoms with E-state index in [0.717, 1.165) is 10.7 Å². The van der Waals surface area contributed by atoms with Crippen LogP contribution in [0.1, 0.15) is 37.8 Å². The molecule has 1 saturated carbocycles. The zero-order valence-electron chi connectivity index (χ0n) is 8.15. The molecule has 0 bridgehead atoms. The van der Waals surface area contributed by atoms with Gasteiger partial charge in [-0.2, -0.15) is 0 Å². The Labute approximate surface area is 89.9 Å². The topological polar surface area (TPSA) is 15.8 Å². The van der Waals surface area contributed by atoms with Gasteiger partial charge in [0.25, 0.3) is 0 Å². The minimum absolute atomic E-state index is 0.586. The Morgan fingerprint density at radius 1 is 1.29 bits per heavy atom. The molecular weight excluding hydrogens is 194 g/mol. The molecule has 1 aromatic heterocycles. The van der Waals surface area contributed by atoms with Crippen LogP contribution in [0.3, 0.4) is 0 Å². The van der Waals surface area contributed by atoms with E-state index in [-0.39, 0.29) is 0 Å². The smallest absolute Gasteiger partial charge is 0.108 e. The lowest BCUT2D eigenvalue weighted by Crippen LogP contribution is -2.03. The van der Waals surface area contributed by atoms with E-state index in [1.807, 2.05) is 12.3 Å². The van der Waals surface area contributed by atoms with E-state index in [2.05, 4.69) is 16.8 Å². The molecule has 74 valence electrons. The number of rotatable bonds is 0. The van der Waals surface area contributed by atoms with Crippen molar-refractivity contribution in [2.24, 2.45) is 5.92 Å². The van der Waals surface area contributed by atoms with Crippen LogP contribution in [-0.4, -0.2) is 4.98 Å². The van der Waals surface area contributed by atoms with Crippen LogP contribution in [0, 0.1) is 17.8 Å². The average molecular weight is 208 g/mol. The molecule has 2 heteroatoms. The molecule has 0 aromatic carbocycles. The van der Waals surface area contributed by atoms with E-state index >= 15 is 0 Å². The lowest BCUT2D eigenvalue weighted by Gasteiger charge is -2.15. The largest absolute Gasteiger partial charge is 0.354 e. The normalized spacial score (nSPS) is 17.5. The number of hydrogen-bond donors (Lipinski definition) is 1. The van der Waals surface area contributed by atoms with Crippen molar-refractivity contribution in [3.63, 3.8) is 0 Å². The Hall–Kier alpha value is -0.870. The van der Waals surface area contributed by atoms with Gasteiger partial charge in [0.15, 0.2) is 0 Å². The highest BCUT2D eigenvalue weighted by molar-refractivity contribution is 6.31. The number of H-pyrrole nitrogens is 1. The molecule has 1 aliphatic rings. The molecule has 1 aromatic rings. The first-order valence-electron chi connectivity index (χ1n) is 5.20. The molecule has 0 atom stereocenters. The average Bonchev–Trinajstić information content (AvgIpc) is 2.63. The predicted molar refractivity (Wildman–Crippen MR) is 59.3 cm³/mol. The van der Waals surface area contributed by atoms with Gasteiger partial charge in [-0.1, -0.05) is 36.8 Å². The van der Waals surface area contributed by atoms with Crippen molar-refractivity contribution < 1.29 is 0 Å². The molecule has 0 radical (unpaired) electrons. The maximum absolute atomic E-state index is 5.92. The molecule has 14 heavy (non-hydrogen) atoms.